The van der Waals surface area contributed by atoms with E-state index in [1.54, 1.807) is 20.8 Å². The van der Waals surface area contributed by atoms with Crippen molar-refractivity contribution in [3.8, 4) is 0 Å². The first-order valence-electron chi connectivity index (χ1n) is 6.19. The van der Waals surface area contributed by atoms with Gasteiger partial charge in [-0.3, -0.25) is 9.69 Å². The minimum atomic E-state index is -3.65. The van der Waals surface area contributed by atoms with E-state index in [1.807, 2.05) is 0 Å². The van der Waals surface area contributed by atoms with E-state index in [4.69, 9.17) is 27.9 Å². The van der Waals surface area contributed by atoms with Crippen LogP contribution in [-0.2, 0) is 24.2 Å². The Hall–Kier alpha value is -0.790. The maximum Gasteiger partial charge on any atom is 0.355 e. The SMILES string of the molecule is CC(C)(C)OC(=O)C1=C(CCl)CS(=O)(=O)[C@@H]2[C@@H](Cl)C(=O)N12. The number of amides is 1. The average molecular weight is 356 g/mol. The van der Waals surface area contributed by atoms with Gasteiger partial charge in [0.25, 0.3) is 0 Å². The molecule has 2 heterocycles. The van der Waals surface area contributed by atoms with Crippen LogP contribution < -0.4 is 0 Å². The van der Waals surface area contributed by atoms with Gasteiger partial charge in [-0.2, -0.15) is 0 Å². The quantitative estimate of drug-likeness (QED) is 0.419. The molecule has 1 fully saturated rings. The molecule has 9 heteroatoms. The second kappa shape index (κ2) is 5.14. The van der Waals surface area contributed by atoms with Gasteiger partial charge < -0.3 is 4.74 Å². The molecule has 2 atom stereocenters. The number of hydrogen-bond acceptors (Lipinski definition) is 5. The number of halogens is 2. The number of rotatable bonds is 2. The van der Waals surface area contributed by atoms with Crippen LogP contribution >= 0.6 is 23.2 Å². The second-order valence-electron chi connectivity index (χ2n) is 5.90. The molecule has 0 radical (unpaired) electrons. The van der Waals surface area contributed by atoms with Crippen LogP contribution in [0.4, 0.5) is 0 Å². The van der Waals surface area contributed by atoms with Gasteiger partial charge in [-0.15, -0.1) is 23.2 Å². The van der Waals surface area contributed by atoms with Crippen LogP contribution in [0.3, 0.4) is 0 Å². The van der Waals surface area contributed by atoms with Crippen LogP contribution in [0.1, 0.15) is 20.8 Å². The third-order valence-electron chi connectivity index (χ3n) is 3.05. The lowest BCUT2D eigenvalue weighted by molar-refractivity contribution is -0.157. The largest absolute Gasteiger partial charge is 0.455 e. The van der Waals surface area contributed by atoms with Crippen molar-refractivity contribution >= 4 is 44.9 Å². The summed E-state index contributed by atoms with van der Waals surface area (Å²) < 4.78 is 29.4. The van der Waals surface area contributed by atoms with Crippen LogP contribution in [0.2, 0.25) is 0 Å². The first kappa shape index (κ1) is 16.6. The lowest BCUT2D eigenvalue weighted by atomic mass is 10.1. The number of fused-ring (bicyclic) bond motifs is 1. The number of β-lactam (4-membered cyclic amide) rings is 1. The van der Waals surface area contributed by atoms with Crippen molar-refractivity contribution in [2.24, 2.45) is 0 Å². The first-order chi connectivity index (χ1) is 9.49. The van der Waals surface area contributed by atoms with Gasteiger partial charge in [0.15, 0.2) is 15.2 Å². The van der Waals surface area contributed by atoms with Gasteiger partial charge in [0.05, 0.1) is 5.75 Å². The second-order valence-corrected chi connectivity index (χ2v) is 8.73. The Morgan fingerprint density at radius 3 is 2.48 bits per heavy atom. The van der Waals surface area contributed by atoms with Gasteiger partial charge in [0.2, 0.25) is 5.91 Å². The summed E-state index contributed by atoms with van der Waals surface area (Å²) in [6, 6.07) is 0. The maximum absolute atomic E-state index is 12.3. The molecule has 0 spiro atoms. The van der Waals surface area contributed by atoms with E-state index in [1.165, 1.54) is 0 Å². The zero-order chi connectivity index (χ0) is 16.2. The standard InChI is InChI=1S/C12H15Cl2NO5S/c1-12(2,3)20-11(17)8-6(4-13)5-21(18,19)10-7(14)9(16)15(8)10/h7,10H,4-5H2,1-3H3/t7-,10+/m0/s1. The third kappa shape index (κ3) is 2.78. The molecule has 0 bridgehead atoms. The Balaban J connectivity index is 2.48. The molecule has 1 saturated heterocycles. The van der Waals surface area contributed by atoms with Gasteiger partial charge in [-0.05, 0) is 26.3 Å². The summed E-state index contributed by atoms with van der Waals surface area (Å²) in [5.74, 6) is -1.98. The van der Waals surface area contributed by atoms with E-state index < -0.39 is 43.8 Å². The Morgan fingerprint density at radius 2 is 2.00 bits per heavy atom. The number of carbonyl (C=O) groups excluding carboxylic acids is 2. The van der Waals surface area contributed by atoms with E-state index in [0.29, 0.717) is 0 Å². The molecule has 0 unspecified atom stereocenters. The molecule has 0 aromatic rings. The molecular weight excluding hydrogens is 341 g/mol. The van der Waals surface area contributed by atoms with Gasteiger partial charge in [0.1, 0.15) is 16.7 Å². The Kier molecular flexibility index (Phi) is 4.06. The third-order valence-corrected chi connectivity index (χ3v) is 5.92. The van der Waals surface area contributed by atoms with Crippen molar-refractivity contribution in [3.05, 3.63) is 11.3 Å². The molecular formula is C12H15Cl2NO5S. The summed E-state index contributed by atoms with van der Waals surface area (Å²) in [4.78, 5) is 25.0. The fourth-order valence-electron chi connectivity index (χ4n) is 2.25. The number of carbonyl (C=O) groups is 2. The Morgan fingerprint density at radius 1 is 1.43 bits per heavy atom. The van der Waals surface area contributed by atoms with Crippen LogP contribution in [0.5, 0.6) is 0 Å². The zero-order valence-corrected chi connectivity index (χ0v) is 14.0. The highest BCUT2D eigenvalue weighted by Gasteiger charge is 2.59. The van der Waals surface area contributed by atoms with E-state index in [0.717, 1.165) is 4.90 Å². The minimum absolute atomic E-state index is 0.0957. The molecule has 2 aliphatic rings. The van der Waals surface area contributed by atoms with Gasteiger partial charge >= 0.3 is 5.97 Å². The van der Waals surface area contributed by atoms with Gasteiger partial charge in [-0.25, -0.2) is 13.2 Å². The molecule has 0 aromatic carbocycles. The summed E-state index contributed by atoms with van der Waals surface area (Å²) in [6.45, 7) is 5.02. The number of sulfone groups is 1. The molecule has 118 valence electrons. The highest BCUT2D eigenvalue weighted by atomic mass is 35.5. The fraction of sp³-hybridized carbons (Fsp3) is 0.667. The molecule has 0 aliphatic carbocycles. The summed E-state index contributed by atoms with van der Waals surface area (Å²) >= 11 is 11.5. The van der Waals surface area contributed by atoms with E-state index in [-0.39, 0.29) is 17.2 Å². The summed E-state index contributed by atoms with van der Waals surface area (Å²) in [5, 5.41) is -2.40. The molecule has 0 aromatic heterocycles. The molecule has 2 aliphatic heterocycles. The van der Waals surface area contributed by atoms with Crippen molar-refractivity contribution in [3.63, 3.8) is 0 Å². The van der Waals surface area contributed by atoms with Crippen molar-refractivity contribution in [1.82, 2.24) is 4.90 Å². The minimum Gasteiger partial charge on any atom is -0.455 e. The number of hydrogen-bond donors (Lipinski definition) is 0. The zero-order valence-electron chi connectivity index (χ0n) is 11.7. The predicted molar refractivity (Wildman–Crippen MR) is 77.7 cm³/mol. The first-order valence-corrected chi connectivity index (χ1v) is 8.88. The van der Waals surface area contributed by atoms with E-state index >= 15 is 0 Å². The van der Waals surface area contributed by atoms with E-state index in [2.05, 4.69) is 0 Å². The lowest BCUT2D eigenvalue weighted by Gasteiger charge is -2.47. The topological polar surface area (TPSA) is 80.8 Å². The van der Waals surface area contributed by atoms with Crippen LogP contribution in [0.15, 0.2) is 11.3 Å². The molecule has 2 rings (SSSR count). The normalized spacial score (nSPS) is 28.0. The monoisotopic (exact) mass is 355 g/mol. The highest BCUT2D eigenvalue weighted by Crippen LogP contribution is 2.40. The maximum atomic E-state index is 12.3. The lowest BCUT2D eigenvalue weighted by Crippen LogP contribution is -2.68. The number of nitrogens with zero attached hydrogens (tertiary/aromatic N) is 1. The molecule has 0 N–H and O–H groups in total. The highest BCUT2D eigenvalue weighted by molar-refractivity contribution is 7.92. The summed E-state index contributed by atoms with van der Waals surface area (Å²) in [7, 11) is -3.65. The number of ether oxygens (including phenoxy) is 1. The molecule has 6 nitrogen and oxygen atoms in total. The Labute approximate surface area is 132 Å². The van der Waals surface area contributed by atoms with Crippen LogP contribution in [0, 0.1) is 0 Å². The number of alkyl halides is 2. The fourth-order valence-corrected chi connectivity index (χ4v) is 5.17. The van der Waals surface area contributed by atoms with Crippen molar-refractivity contribution in [1.29, 1.82) is 0 Å². The smallest absolute Gasteiger partial charge is 0.355 e. The Bertz CT molecular complexity index is 635. The van der Waals surface area contributed by atoms with Crippen molar-refractivity contribution in [2.75, 3.05) is 11.6 Å². The molecule has 0 saturated carbocycles. The summed E-state index contributed by atoms with van der Waals surface area (Å²) in [6.07, 6.45) is 0. The van der Waals surface area contributed by atoms with Crippen molar-refractivity contribution < 1.29 is 22.7 Å². The number of esters is 1. The predicted octanol–water partition coefficient (Wildman–Crippen LogP) is 1.03. The molecule has 21 heavy (non-hydrogen) atoms. The van der Waals surface area contributed by atoms with Gasteiger partial charge in [0, 0.05) is 5.88 Å². The molecule has 1 amide bonds. The van der Waals surface area contributed by atoms with Crippen LogP contribution in [0.25, 0.3) is 0 Å². The summed E-state index contributed by atoms with van der Waals surface area (Å²) in [5.41, 5.74) is -0.720. The van der Waals surface area contributed by atoms with Gasteiger partial charge in [-0.1, -0.05) is 0 Å². The average Bonchev–Trinajstić information content (AvgIpc) is 2.33. The van der Waals surface area contributed by atoms with Crippen molar-refractivity contribution in [2.45, 2.75) is 37.1 Å². The van der Waals surface area contributed by atoms with Crippen LogP contribution in [-0.4, -0.2) is 53.2 Å². The van der Waals surface area contributed by atoms with E-state index in [9.17, 15) is 18.0 Å².